The first-order valence-corrected chi connectivity index (χ1v) is 6.38. The van der Waals surface area contributed by atoms with Crippen LogP contribution in [0.4, 0.5) is 13.2 Å². The number of hydrogen-bond donors (Lipinski definition) is 1. The minimum atomic E-state index is -4.46. The van der Waals surface area contributed by atoms with Gasteiger partial charge < -0.3 is 14.6 Å². The van der Waals surface area contributed by atoms with E-state index in [1.807, 2.05) is 6.92 Å². The Kier molecular flexibility index (Phi) is 6.22. The maximum absolute atomic E-state index is 12.6. The Balaban J connectivity index is 2.90. The van der Waals surface area contributed by atoms with Crippen molar-refractivity contribution >= 4 is 0 Å². The SMILES string of the molecule is CCCNC(COC)Cn1cc(C(F)(F)F)ccc1=O. The molecular weight excluding hydrogens is 273 g/mol. The molecule has 1 heterocycles. The Morgan fingerprint density at radius 1 is 1.40 bits per heavy atom. The van der Waals surface area contributed by atoms with Crippen molar-refractivity contribution in [3.8, 4) is 0 Å². The molecule has 1 aromatic heterocycles. The summed E-state index contributed by atoms with van der Waals surface area (Å²) in [5.74, 6) is 0. The summed E-state index contributed by atoms with van der Waals surface area (Å²) in [7, 11) is 1.51. The quantitative estimate of drug-likeness (QED) is 0.834. The Hall–Kier alpha value is -1.34. The lowest BCUT2D eigenvalue weighted by Gasteiger charge is -2.19. The number of aromatic nitrogens is 1. The van der Waals surface area contributed by atoms with Crippen molar-refractivity contribution in [1.29, 1.82) is 0 Å². The highest BCUT2D eigenvalue weighted by atomic mass is 19.4. The van der Waals surface area contributed by atoms with E-state index in [1.165, 1.54) is 7.11 Å². The van der Waals surface area contributed by atoms with Gasteiger partial charge in [0.1, 0.15) is 0 Å². The molecule has 0 radical (unpaired) electrons. The summed E-state index contributed by atoms with van der Waals surface area (Å²) in [5, 5.41) is 3.14. The van der Waals surface area contributed by atoms with Crippen molar-refractivity contribution in [2.75, 3.05) is 20.3 Å². The van der Waals surface area contributed by atoms with Crippen LogP contribution in [0, 0.1) is 0 Å². The zero-order chi connectivity index (χ0) is 15.2. The second kappa shape index (κ2) is 7.44. The lowest BCUT2D eigenvalue weighted by atomic mass is 10.2. The van der Waals surface area contributed by atoms with Crippen LogP contribution >= 0.6 is 0 Å². The molecule has 20 heavy (non-hydrogen) atoms. The summed E-state index contributed by atoms with van der Waals surface area (Å²) in [4.78, 5) is 11.6. The van der Waals surface area contributed by atoms with Crippen molar-refractivity contribution in [3.63, 3.8) is 0 Å². The first-order chi connectivity index (χ1) is 9.38. The van der Waals surface area contributed by atoms with E-state index in [2.05, 4.69) is 5.32 Å². The number of hydrogen-bond acceptors (Lipinski definition) is 3. The molecular formula is C13H19F3N2O2. The highest BCUT2D eigenvalue weighted by molar-refractivity contribution is 5.13. The standard InChI is InChI=1S/C13H19F3N2O2/c1-3-6-17-11(9-20-2)8-18-7-10(13(14,15)16)4-5-12(18)19/h4-5,7,11,17H,3,6,8-9H2,1-2H3. The van der Waals surface area contributed by atoms with Gasteiger partial charge >= 0.3 is 6.18 Å². The number of ether oxygens (including phenoxy) is 1. The van der Waals surface area contributed by atoms with Crippen LogP contribution in [0.5, 0.6) is 0 Å². The van der Waals surface area contributed by atoms with Gasteiger partial charge in [0, 0.05) is 32.0 Å². The van der Waals surface area contributed by atoms with E-state index in [4.69, 9.17) is 4.74 Å². The molecule has 0 fully saturated rings. The minimum absolute atomic E-state index is 0.136. The Morgan fingerprint density at radius 3 is 2.65 bits per heavy atom. The van der Waals surface area contributed by atoms with Crippen molar-refractivity contribution in [2.45, 2.75) is 32.1 Å². The van der Waals surface area contributed by atoms with Crippen LogP contribution in [0.3, 0.4) is 0 Å². The molecule has 0 aliphatic rings. The number of methoxy groups -OCH3 is 1. The molecule has 4 nitrogen and oxygen atoms in total. The molecule has 0 amide bonds. The number of nitrogens with zero attached hydrogens (tertiary/aromatic N) is 1. The predicted molar refractivity (Wildman–Crippen MR) is 69.7 cm³/mol. The van der Waals surface area contributed by atoms with E-state index in [0.717, 1.165) is 29.3 Å². The Labute approximate surface area is 115 Å². The van der Waals surface area contributed by atoms with Gasteiger partial charge in [0.05, 0.1) is 12.2 Å². The molecule has 1 atom stereocenters. The summed E-state index contributed by atoms with van der Waals surface area (Å²) in [6.45, 7) is 3.15. The summed E-state index contributed by atoms with van der Waals surface area (Å²) in [6, 6.07) is 1.52. The zero-order valence-corrected chi connectivity index (χ0v) is 11.5. The number of rotatable bonds is 7. The van der Waals surface area contributed by atoms with E-state index >= 15 is 0 Å². The molecule has 0 aromatic carbocycles. The average molecular weight is 292 g/mol. The van der Waals surface area contributed by atoms with E-state index in [1.54, 1.807) is 0 Å². The predicted octanol–water partition coefficient (Wildman–Crippen LogP) is 1.88. The first kappa shape index (κ1) is 16.7. The Morgan fingerprint density at radius 2 is 2.10 bits per heavy atom. The van der Waals surface area contributed by atoms with Crippen molar-refractivity contribution in [1.82, 2.24) is 9.88 Å². The fraction of sp³-hybridized carbons (Fsp3) is 0.615. The average Bonchev–Trinajstić information content (AvgIpc) is 2.37. The molecule has 0 aliphatic carbocycles. The van der Waals surface area contributed by atoms with Gasteiger partial charge in [-0.05, 0) is 19.0 Å². The molecule has 0 aliphatic heterocycles. The topological polar surface area (TPSA) is 43.3 Å². The van der Waals surface area contributed by atoms with Crippen LogP contribution in [0.2, 0.25) is 0 Å². The Bertz CT molecular complexity index is 471. The highest BCUT2D eigenvalue weighted by Gasteiger charge is 2.31. The number of pyridine rings is 1. The molecule has 1 aromatic rings. The number of nitrogens with one attached hydrogen (secondary N) is 1. The fourth-order valence-electron chi connectivity index (χ4n) is 1.80. The van der Waals surface area contributed by atoms with Gasteiger partial charge in [-0.2, -0.15) is 13.2 Å². The van der Waals surface area contributed by atoms with E-state index in [0.29, 0.717) is 13.2 Å². The van der Waals surface area contributed by atoms with Gasteiger partial charge in [0.25, 0.3) is 5.56 Å². The second-order valence-corrected chi connectivity index (χ2v) is 4.51. The molecule has 1 N–H and O–H groups in total. The molecule has 0 saturated heterocycles. The minimum Gasteiger partial charge on any atom is -0.383 e. The molecule has 0 saturated carbocycles. The third-order valence-corrected chi connectivity index (χ3v) is 2.78. The molecule has 1 rings (SSSR count). The van der Waals surface area contributed by atoms with Crippen LogP contribution in [0.1, 0.15) is 18.9 Å². The van der Waals surface area contributed by atoms with Crippen molar-refractivity contribution in [2.24, 2.45) is 0 Å². The second-order valence-electron chi connectivity index (χ2n) is 4.51. The molecule has 7 heteroatoms. The fourth-order valence-corrected chi connectivity index (χ4v) is 1.80. The van der Waals surface area contributed by atoms with Crippen LogP contribution in [-0.4, -0.2) is 30.9 Å². The molecule has 0 spiro atoms. The van der Waals surface area contributed by atoms with Gasteiger partial charge in [-0.25, -0.2) is 0 Å². The lowest BCUT2D eigenvalue weighted by Crippen LogP contribution is -2.40. The summed E-state index contributed by atoms with van der Waals surface area (Å²) >= 11 is 0. The van der Waals surface area contributed by atoms with Gasteiger partial charge in [0.15, 0.2) is 0 Å². The monoisotopic (exact) mass is 292 g/mol. The van der Waals surface area contributed by atoms with E-state index < -0.39 is 17.3 Å². The van der Waals surface area contributed by atoms with E-state index in [9.17, 15) is 18.0 Å². The van der Waals surface area contributed by atoms with E-state index in [-0.39, 0.29) is 12.6 Å². The molecule has 0 bridgehead atoms. The maximum atomic E-state index is 12.6. The summed E-state index contributed by atoms with van der Waals surface area (Å²) < 4.78 is 44.0. The van der Waals surface area contributed by atoms with Gasteiger partial charge in [0.2, 0.25) is 0 Å². The van der Waals surface area contributed by atoms with Crippen LogP contribution in [-0.2, 0) is 17.5 Å². The van der Waals surface area contributed by atoms with Crippen molar-refractivity contribution < 1.29 is 17.9 Å². The zero-order valence-electron chi connectivity index (χ0n) is 11.5. The highest BCUT2D eigenvalue weighted by Crippen LogP contribution is 2.27. The lowest BCUT2D eigenvalue weighted by molar-refractivity contribution is -0.138. The normalized spacial score (nSPS) is 13.4. The molecule has 1 unspecified atom stereocenters. The van der Waals surface area contributed by atoms with Crippen LogP contribution in [0.25, 0.3) is 0 Å². The van der Waals surface area contributed by atoms with Crippen LogP contribution < -0.4 is 10.9 Å². The van der Waals surface area contributed by atoms with Gasteiger partial charge in [-0.15, -0.1) is 0 Å². The van der Waals surface area contributed by atoms with Crippen molar-refractivity contribution in [3.05, 3.63) is 34.2 Å². The largest absolute Gasteiger partial charge is 0.417 e. The smallest absolute Gasteiger partial charge is 0.383 e. The summed E-state index contributed by atoms with van der Waals surface area (Å²) in [6.07, 6.45) is -2.72. The van der Waals surface area contributed by atoms with Gasteiger partial charge in [-0.1, -0.05) is 6.92 Å². The first-order valence-electron chi connectivity index (χ1n) is 6.38. The van der Waals surface area contributed by atoms with Gasteiger partial charge in [-0.3, -0.25) is 4.79 Å². The molecule has 114 valence electrons. The third kappa shape index (κ3) is 4.97. The third-order valence-electron chi connectivity index (χ3n) is 2.78. The maximum Gasteiger partial charge on any atom is 0.417 e. The number of halogens is 3. The number of alkyl halides is 3. The van der Waals surface area contributed by atoms with Crippen LogP contribution in [0.15, 0.2) is 23.1 Å². The summed E-state index contributed by atoms with van der Waals surface area (Å²) in [5.41, 5.74) is -1.29.